The molecular formula is C15H16. The van der Waals surface area contributed by atoms with Crippen molar-refractivity contribution in [1.29, 1.82) is 0 Å². The Morgan fingerprint density at radius 3 is 3.07 bits per heavy atom. The Hall–Kier alpha value is -1.04. The summed E-state index contributed by atoms with van der Waals surface area (Å²) in [5, 5.41) is 0. The van der Waals surface area contributed by atoms with Gasteiger partial charge in [0, 0.05) is 5.92 Å². The smallest absolute Gasteiger partial charge is 0.00854 e. The van der Waals surface area contributed by atoms with E-state index in [2.05, 4.69) is 31.2 Å². The molecule has 3 unspecified atom stereocenters. The zero-order valence-corrected chi connectivity index (χ0v) is 9.16. The lowest BCUT2D eigenvalue weighted by Crippen LogP contribution is -2.11. The molecule has 0 N–H and O–H groups in total. The topological polar surface area (TPSA) is 0 Å². The molecule has 3 aliphatic rings. The molecule has 76 valence electrons. The lowest BCUT2D eigenvalue weighted by atomic mass is 9.84. The first-order chi connectivity index (χ1) is 7.34. The van der Waals surface area contributed by atoms with Gasteiger partial charge in [-0.1, -0.05) is 29.8 Å². The maximum Gasteiger partial charge on any atom is 0.00854 e. The highest BCUT2D eigenvalue weighted by molar-refractivity contribution is 5.49. The van der Waals surface area contributed by atoms with E-state index < -0.39 is 0 Å². The van der Waals surface area contributed by atoms with Crippen molar-refractivity contribution < 1.29 is 0 Å². The molecule has 0 spiro atoms. The first-order valence-electron chi connectivity index (χ1n) is 6.12. The van der Waals surface area contributed by atoms with Gasteiger partial charge >= 0.3 is 0 Å². The Kier molecular flexibility index (Phi) is 1.39. The van der Waals surface area contributed by atoms with Crippen LogP contribution in [0.25, 0.3) is 0 Å². The van der Waals surface area contributed by atoms with Gasteiger partial charge in [0.2, 0.25) is 0 Å². The van der Waals surface area contributed by atoms with Gasteiger partial charge in [-0.15, -0.1) is 0 Å². The van der Waals surface area contributed by atoms with Crippen LogP contribution in [0.15, 0.2) is 29.8 Å². The summed E-state index contributed by atoms with van der Waals surface area (Å²) in [7, 11) is 0. The number of hydrogen-bond acceptors (Lipinski definition) is 0. The minimum Gasteiger partial charge on any atom is -0.0844 e. The van der Waals surface area contributed by atoms with Crippen LogP contribution in [-0.4, -0.2) is 0 Å². The average Bonchev–Trinajstić information content (AvgIpc) is 2.87. The van der Waals surface area contributed by atoms with Crippen LogP contribution in [0.3, 0.4) is 0 Å². The van der Waals surface area contributed by atoms with Crippen molar-refractivity contribution in [3.05, 3.63) is 46.5 Å². The highest BCUT2D eigenvalue weighted by Crippen LogP contribution is 2.58. The van der Waals surface area contributed by atoms with Crippen molar-refractivity contribution in [2.75, 3.05) is 0 Å². The van der Waals surface area contributed by atoms with E-state index in [-0.39, 0.29) is 0 Å². The van der Waals surface area contributed by atoms with Crippen molar-refractivity contribution >= 4 is 0 Å². The molecule has 1 saturated carbocycles. The SMILES string of the molecule is Cc1cccc2c1CC1C3CC=C(C3)C21. The van der Waals surface area contributed by atoms with Crippen LogP contribution < -0.4 is 0 Å². The van der Waals surface area contributed by atoms with Gasteiger partial charge in [-0.3, -0.25) is 0 Å². The van der Waals surface area contributed by atoms with Crippen LogP contribution >= 0.6 is 0 Å². The van der Waals surface area contributed by atoms with Gasteiger partial charge in [-0.05, 0) is 54.7 Å². The molecule has 1 aromatic rings. The molecule has 2 bridgehead atoms. The molecule has 3 atom stereocenters. The van der Waals surface area contributed by atoms with E-state index >= 15 is 0 Å². The Balaban J connectivity index is 1.92. The largest absolute Gasteiger partial charge is 0.0844 e. The third-order valence-corrected chi connectivity index (χ3v) is 4.84. The summed E-state index contributed by atoms with van der Waals surface area (Å²) in [5.74, 6) is 2.76. The number of benzene rings is 1. The highest BCUT2D eigenvalue weighted by Gasteiger charge is 2.47. The van der Waals surface area contributed by atoms with Gasteiger partial charge in [0.05, 0.1) is 0 Å². The van der Waals surface area contributed by atoms with E-state index in [1.165, 1.54) is 24.8 Å². The Morgan fingerprint density at radius 1 is 1.20 bits per heavy atom. The van der Waals surface area contributed by atoms with Crippen LogP contribution in [0.1, 0.15) is 35.4 Å². The summed E-state index contributed by atoms with van der Waals surface area (Å²) < 4.78 is 0. The first kappa shape index (κ1) is 8.15. The lowest BCUT2D eigenvalue weighted by Gasteiger charge is -2.19. The van der Waals surface area contributed by atoms with Crippen molar-refractivity contribution in [3.63, 3.8) is 0 Å². The van der Waals surface area contributed by atoms with Crippen LogP contribution in [0, 0.1) is 18.8 Å². The minimum absolute atomic E-state index is 0.818. The molecule has 0 amide bonds. The summed E-state index contributed by atoms with van der Waals surface area (Å²) in [5.41, 5.74) is 6.61. The molecule has 0 heteroatoms. The van der Waals surface area contributed by atoms with Gasteiger partial charge in [0.25, 0.3) is 0 Å². The molecule has 0 nitrogen and oxygen atoms in total. The van der Waals surface area contributed by atoms with E-state index in [1.807, 2.05) is 0 Å². The fourth-order valence-corrected chi connectivity index (χ4v) is 4.15. The molecule has 3 aliphatic carbocycles. The van der Waals surface area contributed by atoms with Gasteiger partial charge in [-0.25, -0.2) is 0 Å². The summed E-state index contributed by atoms with van der Waals surface area (Å²) in [4.78, 5) is 0. The van der Waals surface area contributed by atoms with E-state index in [4.69, 9.17) is 0 Å². The maximum atomic E-state index is 2.52. The van der Waals surface area contributed by atoms with Crippen molar-refractivity contribution in [3.8, 4) is 0 Å². The molecule has 0 aliphatic heterocycles. The first-order valence-corrected chi connectivity index (χ1v) is 6.12. The Bertz CT molecular complexity index is 467. The third-order valence-electron chi connectivity index (χ3n) is 4.84. The number of rotatable bonds is 0. The molecule has 1 fully saturated rings. The van der Waals surface area contributed by atoms with Gasteiger partial charge in [-0.2, -0.15) is 0 Å². The quantitative estimate of drug-likeness (QED) is 0.556. The second-order valence-corrected chi connectivity index (χ2v) is 5.47. The molecule has 15 heavy (non-hydrogen) atoms. The molecule has 0 radical (unpaired) electrons. The van der Waals surface area contributed by atoms with Crippen LogP contribution in [0.2, 0.25) is 0 Å². The molecule has 0 aromatic heterocycles. The van der Waals surface area contributed by atoms with Crippen molar-refractivity contribution in [2.45, 2.75) is 32.1 Å². The predicted molar refractivity (Wildman–Crippen MR) is 61.9 cm³/mol. The minimum atomic E-state index is 0.818. The summed E-state index contributed by atoms with van der Waals surface area (Å²) in [6, 6.07) is 6.88. The maximum absolute atomic E-state index is 2.52. The number of aryl methyl sites for hydroxylation is 1. The van der Waals surface area contributed by atoms with Crippen molar-refractivity contribution in [2.24, 2.45) is 11.8 Å². The highest BCUT2D eigenvalue weighted by atomic mass is 14.5. The fourth-order valence-electron chi connectivity index (χ4n) is 4.15. The number of hydrogen-bond donors (Lipinski definition) is 0. The molecular weight excluding hydrogens is 180 g/mol. The number of allylic oxidation sites excluding steroid dienone is 2. The van der Waals surface area contributed by atoms with E-state index in [0.717, 1.165) is 17.8 Å². The zero-order valence-electron chi connectivity index (χ0n) is 9.16. The standard InChI is InChI=1S/C15H16/c1-9-3-2-4-12-13(9)8-14-10-5-6-11(7-10)15(12)14/h2-4,6,10,14-15H,5,7-8H2,1H3. The monoisotopic (exact) mass is 196 g/mol. The van der Waals surface area contributed by atoms with Gasteiger partial charge in [0.1, 0.15) is 0 Å². The van der Waals surface area contributed by atoms with Crippen LogP contribution in [0.5, 0.6) is 0 Å². The number of fused-ring (bicyclic) bond motifs is 7. The van der Waals surface area contributed by atoms with Crippen LogP contribution in [0.4, 0.5) is 0 Å². The van der Waals surface area contributed by atoms with Crippen molar-refractivity contribution in [1.82, 2.24) is 0 Å². The van der Waals surface area contributed by atoms with E-state index in [1.54, 1.807) is 16.7 Å². The summed E-state index contributed by atoms with van der Waals surface area (Å²) in [6.07, 6.45) is 6.64. The molecule has 0 heterocycles. The van der Waals surface area contributed by atoms with E-state index in [9.17, 15) is 0 Å². The second kappa shape index (κ2) is 2.55. The Labute approximate surface area is 91.0 Å². The molecule has 1 aromatic carbocycles. The zero-order chi connectivity index (χ0) is 9.99. The van der Waals surface area contributed by atoms with E-state index in [0.29, 0.717) is 0 Å². The fraction of sp³-hybridized carbons (Fsp3) is 0.467. The summed E-state index contributed by atoms with van der Waals surface area (Å²) in [6.45, 7) is 2.27. The van der Waals surface area contributed by atoms with Gasteiger partial charge in [0.15, 0.2) is 0 Å². The summed E-state index contributed by atoms with van der Waals surface area (Å²) >= 11 is 0. The Morgan fingerprint density at radius 2 is 2.13 bits per heavy atom. The van der Waals surface area contributed by atoms with Crippen LogP contribution in [-0.2, 0) is 6.42 Å². The second-order valence-electron chi connectivity index (χ2n) is 5.47. The lowest BCUT2D eigenvalue weighted by molar-refractivity contribution is 0.381. The molecule has 4 rings (SSSR count). The molecule has 0 saturated heterocycles. The normalized spacial score (nSPS) is 35.3. The third kappa shape index (κ3) is 0.884. The predicted octanol–water partition coefficient (Wildman–Crippen LogP) is 3.60. The average molecular weight is 196 g/mol. The van der Waals surface area contributed by atoms with Gasteiger partial charge < -0.3 is 0 Å².